The van der Waals surface area contributed by atoms with Gasteiger partial charge in [-0.2, -0.15) is 0 Å². The topological polar surface area (TPSA) is 51.2 Å². The molecule has 0 saturated heterocycles. The molecule has 1 unspecified atom stereocenters. The van der Waals surface area contributed by atoms with Crippen molar-refractivity contribution in [2.75, 3.05) is 11.5 Å². The van der Waals surface area contributed by atoms with E-state index in [2.05, 4.69) is 29.7 Å². The van der Waals surface area contributed by atoms with Crippen LogP contribution in [0, 0.1) is 6.92 Å². The normalized spacial score (nSPS) is 12.7. The van der Waals surface area contributed by atoms with Crippen molar-refractivity contribution in [3.63, 3.8) is 0 Å². The quantitative estimate of drug-likeness (QED) is 0.320. The zero-order valence-corrected chi connectivity index (χ0v) is 16.0. The Kier molecular flexibility index (Phi) is 4.89. The van der Waals surface area contributed by atoms with E-state index in [1.165, 1.54) is 10.9 Å². The largest absolute Gasteiger partial charge is 0.399 e. The van der Waals surface area contributed by atoms with Gasteiger partial charge in [-0.1, -0.05) is 29.2 Å². The maximum atomic E-state index is 10.7. The first-order valence-electron chi connectivity index (χ1n) is 8.96. The highest BCUT2D eigenvalue weighted by molar-refractivity contribution is 7.99. The highest BCUT2D eigenvalue weighted by atomic mass is 32.2. The van der Waals surface area contributed by atoms with E-state index in [1.54, 1.807) is 11.8 Å². The monoisotopic (exact) mass is 372 g/mol. The second-order valence-corrected chi connectivity index (χ2v) is 8.04. The SMILES string of the molecule is [B]c1ccc2c(c1)c1cc(C)ccc1n2CC(O)CSc1ccc(N)cc1. The summed E-state index contributed by atoms with van der Waals surface area (Å²) in [5, 5.41) is 13.0. The molecule has 0 aliphatic rings. The van der Waals surface area contributed by atoms with Crippen LogP contribution in [-0.4, -0.2) is 29.4 Å². The molecular formula is C22H21BN2OS. The molecule has 5 heteroatoms. The summed E-state index contributed by atoms with van der Waals surface area (Å²) < 4.78 is 2.19. The summed E-state index contributed by atoms with van der Waals surface area (Å²) in [6, 6.07) is 20.1. The molecule has 3 aromatic carbocycles. The zero-order valence-electron chi connectivity index (χ0n) is 15.2. The van der Waals surface area contributed by atoms with Gasteiger partial charge in [-0.3, -0.25) is 0 Å². The van der Waals surface area contributed by atoms with Crippen molar-refractivity contribution in [2.24, 2.45) is 0 Å². The minimum atomic E-state index is -0.467. The van der Waals surface area contributed by atoms with E-state index in [4.69, 9.17) is 13.6 Å². The fraction of sp³-hybridized carbons (Fsp3) is 0.182. The molecule has 27 heavy (non-hydrogen) atoms. The predicted molar refractivity (Wildman–Crippen MR) is 117 cm³/mol. The van der Waals surface area contributed by atoms with Crippen molar-refractivity contribution in [2.45, 2.75) is 24.5 Å². The number of hydrogen-bond donors (Lipinski definition) is 2. The van der Waals surface area contributed by atoms with Crippen LogP contribution in [0.25, 0.3) is 21.8 Å². The number of aliphatic hydroxyl groups excluding tert-OH is 1. The van der Waals surface area contributed by atoms with E-state index in [0.717, 1.165) is 32.5 Å². The Bertz CT molecular complexity index is 1050. The molecule has 4 rings (SSSR count). The van der Waals surface area contributed by atoms with Crippen LogP contribution in [-0.2, 0) is 6.54 Å². The van der Waals surface area contributed by atoms with Crippen LogP contribution in [0.1, 0.15) is 5.56 Å². The van der Waals surface area contributed by atoms with Gasteiger partial charge < -0.3 is 15.4 Å². The van der Waals surface area contributed by atoms with Crippen molar-refractivity contribution >= 4 is 52.6 Å². The second-order valence-electron chi connectivity index (χ2n) is 6.94. The summed E-state index contributed by atoms with van der Waals surface area (Å²) in [6.45, 7) is 2.63. The molecule has 0 spiro atoms. The summed E-state index contributed by atoms with van der Waals surface area (Å²) in [5.41, 5.74) is 10.7. The average Bonchev–Trinajstić information content (AvgIpc) is 2.94. The number of aromatic nitrogens is 1. The first kappa shape index (κ1) is 18.0. The molecule has 0 aliphatic carbocycles. The van der Waals surface area contributed by atoms with E-state index in [9.17, 15) is 5.11 Å². The summed E-state index contributed by atoms with van der Waals surface area (Å²) in [6.07, 6.45) is -0.467. The smallest absolute Gasteiger partial charge is 0.113 e. The molecule has 0 amide bonds. The first-order chi connectivity index (χ1) is 13.0. The van der Waals surface area contributed by atoms with E-state index >= 15 is 0 Å². The molecular weight excluding hydrogens is 351 g/mol. The molecule has 0 bridgehead atoms. The molecule has 3 nitrogen and oxygen atoms in total. The maximum Gasteiger partial charge on any atom is 0.113 e. The van der Waals surface area contributed by atoms with Gasteiger partial charge in [-0.15, -0.1) is 11.8 Å². The van der Waals surface area contributed by atoms with Gasteiger partial charge in [0.2, 0.25) is 0 Å². The number of anilines is 1. The van der Waals surface area contributed by atoms with Gasteiger partial charge in [0.05, 0.1) is 6.10 Å². The molecule has 1 atom stereocenters. The standard InChI is InChI=1S/C22H21BN2OS/c1-14-2-8-21-19(10-14)20-11-15(23)3-9-22(20)25(21)12-17(26)13-27-18-6-4-16(24)5-7-18/h2-11,17,26H,12-13,24H2,1H3. The number of aliphatic hydroxyl groups is 1. The Morgan fingerprint density at radius 3 is 2.41 bits per heavy atom. The lowest BCUT2D eigenvalue weighted by molar-refractivity contribution is 0.181. The molecule has 0 fully saturated rings. The summed E-state index contributed by atoms with van der Waals surface area (Å²) in [5.74, 6) is 0.617. The third kappa shape index (κ3) is 3.71. The van der Waals surface area contributed by atoms with Crippen molar-refractivity contribution < 1.29 is 5.11 Å². The third-order valence-corrected chi connectivity index (χ3v) is 5.92. The van der Waals surface area contributed by atoms with Gasteiger partial charge in [-0.25, -0.2) is 0 Å². The minimum absolute atomic E-state index is 0.467. The van der Waals surface area contributed by atoms with Crippen LogP contribution in [0.5, 0.6) is 0 Å². The lowest BCUT2D eigenvalue weighted by atomic mass is 9.94. The Balaban J connectivity index is 1.63. The number of fused-ring (bicyclic) bond motifs is 3. The number of nitrogens with two attached hydrogens (primary N) is 1. The Morgan fingerprint density at radius 2 is 1.67 bits per heavy atom. The lowest BCUT2D eigenvalue weighted by Crippen LogP contribution is -2.18. The number of aryl methyl sites for hydroxylation is 1. The van der Waals surface area contributed by atoms with Crippen LogP contribution in [0.15, 0.2) is 65.6 Å². The lowest BCUT2D eigenvalue weighted by Gasteiger charge is -2.14. The van der Waals surface area contributed by atoms with Gasteiger partial charge in [0.1, 0.15) is 7.85 Å². The fourth-order valence-electron chi connectivity index (χ4n) is 3.45. The van der Waals surface area contributed by atoms with Crippen LogP contribution >= 0.6 is 11.8 Å². The molecule has 134 valence electrons. The molecule has 1 aromatic heterocycles. The molecule has 0 saturated carbocycles. The van der Waals surface area contributed by atoms with Crippen LogP contribution in [0.2, 0.25) is 0 Å². The predicted octanol–water partition coefficient (Wildman–Crippen LogP) is 3.63. The van der Waals surface area contributed by atoms with Crippen LogP contribution < -0.4 is 11.2 Å². The van der Waals surface area contributed by atoms with E-state index in [0.29, 0.717) is 12.3 Å². The molecule has 2 radical (unpaired) electrons. The number of rotatable bonds is 5. The van der Waals surface area contributed by atoms with Crippen molar-refractivity contribution in [1.82, 2.24) is 4.57 Å². The molecule has 4 aromatic rings. The van der Waals surface area contributed by atoms with Gasteiger partial charge in [-0.05, 0) is 49.4 Å². The number of nitrogen functional groups attached to an aromatic ring is 1. The Morgan fingerprint density at radius 1 is 1.00 bits per heavy atom. The van der Waals surface area contributed by atoms with Crippen molar-refractivity contribution in [3.8, 4) is 0 Å². The Labute approximate surface area is 164 Å². The number of hydrogen-bond acceptors (Lipinski definition) is 3. The highest BCUT2D eigenvalue weighted by Gasteiger charge is 2.14. The fourth-order valence-corrected chi connectivity index (χ4v) is 4.27. The van der Waals surface area contributed by atoms with Crippen LogP contribution in [0.4, 0.5) is 5.69 Å². The van der Waals surface area contributed by atoms with Crippen LogP contribution in [0.3, 0.4) is 0 Å². The number of thioether (sulfide) groups is 1. The van der Waals surface area contributed by atoms with E-state index < -0.39 is 6.10 Å². The highest BCUT2D eigenvalue weighted by Crippen LogP contribution is 2.30. The first-order valence-corrected chi connectivity index (χ1v) is 9.94. The average molecular weight is 372 g/mol. The van der Waals surface area contributed by atoms with Crippen molar-refractivity contribution in [1.29, 1.82) is 0 Å². The molecule has 3 N–H and O–H groups in total. The summed E-state index contributed by atoms with van der Waals surface area (Å²) in [4.78, 5) is 1.11. The second kappa shape index (κ2) is 7.33. The van der Waals surface area contributed by atoms with Gasteiger partial charge in [0.25, 0.3) is 0 Å². The van der Waals surface area contributed by atoms with Gasteiger partial charge in [0.15, 0.2) is 0 Å². The van der Waals surface area contributed by atoms with E-state index in [-0.39, 0.29) is 0 Å². The third-order valence-electron chi connectivity index (χ3n) is 4.76. The molecule has 1 heterocycles. The summed E-state index contributed by atoms with van der Waals surface area (Å²) in [7, 11) is 6.02. The van der Waals surface area contributed by atoms with Crippen molar-refractivity contribution in [3.05, 3.63) is 66.2 Å². The van der Waals surface area contributed by atoms with Gasteiger partial charge >= 0.3 is 0 Å². The van der Waals surface area contributed by atoms with E-state index in [1.807, 2.05) is 42.5 Å². The number of nitrogens with zero attached hydrogens (tertiary/aromatic N) is 1. The van der Waals surface area contributed by atoms with Gasteiger partial charge in [0, 0.05) is 44.7 Å². The maximum absolute atomic E-state index is 10.7. The number of benzene rings is 3. The zero-order chi connectivity index (χ0) is 19.0. The Hall–Kier alpha value is -2.37. The summed E-state index contributed by atoms with van der Waals surface area (Å²) >= 11 is 1.64. The minimum Gasteiger partial charge on any atom is -0.399 e. The molecule has 0 aliphatic heterocycles.